The molecule has 14 heavy (non-hydrogen) atoms. The van der Waals surface area contributed by atoms with Gasteiger partial charge < -0.3 is 10.8 Å². The number of aromatic amines is 1. The summed E-state index contributed by atoms with van der Waals surface area (Å²) in [6.45, 7) is 3.40. The van der Waals surface area contributed by atoms with E-state index in [1.54, 1.807) is 6.92 Å². The average Bonchev–Trinajstić information content (AvgIpc) is 2.02. The number of carbonyl (C=O) groups excluding carboxylic acids is 1. The lowest BCUT2D eigenvalue weighted by Crippen LogP contribution is -2.26. The molecule has 0 fully saturated rings. The molecule has 5 heteroatoms. The largest absolute Gasteiger partial charge is 0.494 e. The highest BCUT2D eigenvalue weighted by Gasteiger charge is 2.16. The second-order valence-corrected chi connectivity index (χ2v) is 3.00. The lowest BCUT2D eigenvalue weighted by Gasteiger charge is -2.08. The minimum Gasteiger partial charge on any atom is -0.494 e. The normalized spacial score (nSPS) is 10.1. The van der Waals surface area contributed by atoms with Crippen LogP contribution in [0.15, 0.2) is 4.79 Å². The van der Waals surface area contributed by atoms with Gasteiger partial charge in [-0.15, -0.1) is 0 Å². The van der Waals surface area contributed by atoms with Gasteiger partial charge in [0.2, 0.25) is 0 Å². The number of H-pyrrole nitrogens is 1. The van der Waals surface area contributed by atoms with Crippen molar-refractivity contribution in [2.75, 3.05) is 0 Å². The van der Waals surface area contributed by atoms with Gasteiger partial charge in [0.25, 0.3) is 11.5 Å². The first kappa shape index (κ1) is 10.3. The minimum atomic E-state index is -0.779. The average molecular weight is 196 g/mol. The Bertz CT molecular complexity index is 434. The summed E-state index contributed by atoms with van der Waals surface area (Å²) in [6, 6.07) is 0. The second kappa shape index (κ2) is 3.53. The highest BCUT2D eigenvalue weighted by molar-refractivity contribution is 5.94. The first-order valence-corrected chi connectivity index (χ1v) is 4.23. The van der Waals surface area contributed by atoms with Crippen molar-refractivity contribution >= 4 is 5.91 Å². The van der Waals surface area contributed by atoms with E-state index in [1.807, 2.05) is 6.92 Å². The number of hydrogen-bond donors (Lipinski definition) is 3. The quantitative estimate of drug-likeness (QED) is 0.623. The Morgan fingerprint density at radius 3 is 2.57 bits per heavy atom. The van der Waals surface area contributed by atoms with Crippen LogP contribution in [0.3, 0.4) is 0 Å². The standard InChI is InChI=1S/C9H12N2O3/c1-3-5-4(2)6(7(10)12)9(14)11-8(5)13/h3H2,1-2H3,(H2,10,12)(H2,11,13,14). The first-order chi connectivity index (χ1) is 6.49. The van der Waals surface area contributed by atoms with Crippen LogP contribution in [0, 0.1) is 6.92 Å². The maximum atomic E-state index is 11.3. The number of carbonyl (C=O) groups is 1. The summed E-state index contributed by atoms with van der Waals surface area (Å²) in [4.78, 5) is 24.4. The van der Waals surface area contributed by atoms with Gasteiger partial charge in [0.05, 0.1) is 0 Å². The zero-order valence-electron chi connectivity index (χ0n) is 8.05. The summed E-state index contributed by atoms with van der Waals surface area (Å²) < 4.78 is 0. The molecule has 1 aromatic rings. The Balaban J connectivity index is 3.60. The Hall–Kier alpha value is -1.78. The smallest absolute Gasteiger partial charge is 0.263 e. The summed E-state index contributed by atoms with van der Waals surface area (Å²) in [6.07, 6.45) is 0.523. The maximum Gasteiger partial charge on any atom is 0.263 e. The van der Waals surface area contributed by atoms with Gasteiger partial charge in [0, 0.05) is 5.56 Å². The number of nitrogens with one attached hydrogen (secondary N) is 1. The summed E-state index contributed by atoms with van der Waals surface area (Å²) in [5.74, 6) is -0.974. The molecule has 1 amide bonds. The summed E-state index contributed by atoms with van der Waals surface area (Å²) in [5.41, 5.74) is 5.30. The van der Waals surface area contributed by atoms with Crippen LogP contribution in [-0.4, -0.2) is 16.0 Å². The van der Waals surface area contributed by atoms with E-state index in [0.717, 1.165) is 0 Å². The molecule has 1 rings (SSSR count). The van der Waals surface area contributed by atoms with Gasteiger partial charge in [-0.3, -0.25) is 14.6 Å². The predicted octanol–water partition coefficient (Wildman–Crippen LogP) is 0.0502. The number of rotatable bonds is 2. The van der Waals surface area contributed by atoms with Crippen molar-refractivity contribution in [3.8, 4) is 5.88 Å². The molecule has 0 aliphatic rings. The number of nitrogens with two attached hydrogens (primary N) is 1. The molecule has 0 bridgehead atoms. The molecule has 0 aliphatic carbocycles. The first-order valence-electron chi connectivity index (χ1n) is 4.23. The van der Waals surface area contributed by atoms with Crippen molar-refractivity contribution in [1.29, 1.82) is 0 Å². The molecule has 0 radical (unpaired) electrons. The van der Waals surface area contributed by atoms with Crippen LogP contribution in [0.25, 0.3) is 0 Å². The van der Waals surface area contributed by atoms with Crippen LogP contribution in [0.4, 0.5) is 0 Å². The van der Waals surface area contributed by atoms with Crippen LogP contribution in [0.2, 0.25) is 0 Å². The highest BCUT2D eigenvalue weighted by atomic mass is 16.3. The van der Waals surface area contributed by atoms with Crippen molar-refractivity contribution in [2.24, 2.45) is 5.73 Å². The number of aromatic hydroxyl groups is 1. The van der Waals surface area contributed by atoms with E-state index >= 15 is 0 Å². The SMILES string of the molecule is CCc1c(O)[nH]c(=O)c(C(N)=O)c1C. The molecule has 1 aromatic heterocycles. The van der Waals surface area contributed by atoms with Crippen LogP contribution < -0.4 is 11.3 Å². The maximum absolute atomic E-state index is 11.3. The molecule has 0 saturated carbocycles. The fraction of sp³-hybridized carbons (Fsp3) is 0.333. The van der Waals surface area contributed by atoms with Crippen LogP contribution in [-0.2, 0) is 6.42 Å². The lowest BCUT2D eigenvalue weighted by molar-refractivity contribution is 0.0998. The number of amides is 1. The van der Waals surface area contributed by atoms with Crippen LogP contribution in [0.5, 0.6) is 5.88 Å². The predicted molar refractivity (Wildman–Crippen MR) is 51.4 cm³/mol. The third-order valence-electron chi connectivity index (χ3n) is 2.17. The van der Waals surface area contributed by atoms with E-state index in [1.165, 1.54) is 0 Å². The van der Waals surface area contributed by atoms with E-state index in [0.29, 0.717) is 17.5 Å². The molecule has 0 unspecified atom stereocenters. The molecule has 0 aliphatic heterocycles. The van der Waals surface area contributed by atoms with Crippen LogP contribution in [0.1, 0.15) is 28.4 Å². The Kier molecular flexibility index (Phi) is 2.60. The molecule has 0 spiro atoms. The van der Waals surface area contributed by atoms with Crippen molar-refractivity contribution < 1.29 is 9.90 Å². The zero-order valence-corrected chi connectivity index (χ0v) is 8.05. The number of primary amides is 1. The molecule has 5 nitrogen and oxygen atoms in total. The minimum absolute atomic E-state index is 0.0837. The van der Waals surface area contributed by atoms with Crippen molar-refractivity contribution in [2.45, 2.75) is 20.3 Å². The third kappa shape index (κ3) is 1.48. The molecular formula is C9H12N2O3. The number of aromatic nitrogens is 1. The Morgan fingerprint density at radius 1 is 1.57 bits per heavy atom. The van der Waals surface area contributed by atoms with Gasteiger partial charge in [0.1, 0.15) is 5.56 Å². The molecule has 0 aromatic carbocycles. The van der Waals surface area contributed by atoms with Crippen molar-refractivity contribution in [3.63, 3.8) is 0 Å². The van der Waals surface area contributed by atoms with Crippen LogP contribution >= 0.6 is 0 Å². The molecule has 4 N–H and O–H groups in total. The summed E-state index contributed by atoms with van der Waals surface area (Å²) >= 11 is 0. The van der Waals surface area contributed by atoms with E-state index in [2.05, 4.69) is 4.98 Å². The van der Waals surface area contributed by atoms with E-state index in [-0.39, 0.29) is 11.4 Å². The van der Waals surface area contributed by atoms with E-state index < -0.39 is 11.5 Å². The van der Waals surface area contributed by atoms with Crippen molar-refractivity contribution in [1.82, 2.24) is 4.98 Å². The second-order valence-electron chi connectivity index (χ2n) is 3.00. The van der Waals surface area contributed by atoms with Gasteiger partial charge >= 0.3 is 0 Å². The molecular weight excluding hydrogens is 184 g/mol. The van der Waals surface area contributed by atoms with Gasteiger partial charge in [-0.05, 0) is 18.9 Å². The highest BCUT2D eigenvalue weighted by Crippen LogP contribution is 2.18. The number of pyridine rings is 1. The van der Waals surface area contributed by atoms with E-state index in [4.69, 9.17) is 5.73 Å². The molecule has 1 heterocycles. The topological polar surface area (TPSA) is 96.2 Å². The van der Waals surface area contributed by atoms with Crippen molar-refractivity contribution in [3.05, 3.63) is 27.0 Å². The Morgan fingerprint density at radius 2 is 2.14 bits per heavy atom. The van der Waals surface area contributed by atoms with Gasteiger partial charge in [0.15, 0.2) is 5.88 Å². The molecule has 0 saturated heterocycles. The zero-order chi connectivity index (χ0) is 10.9. The molecule has 76 valence electrons. The summed E-state index contributed by atoms with van der Waals surface area (Å²) in [5, 5.41) is 9.37. The van der Waals surface area contributed by atoms with E-state index in [9.17, 15) is 14.7 Å². The lowest BCUT2D eigenvalue weighted by atomic mass is 10.0. The fourth-order valence-corrected chi connectivity index (χ4v) is 1.47. The van der Waals surface area contributed by atoms with Gasteiger partial charge in [-0.1, -0.05) is 6.92 Å². The fourth-order valence-electron chi connectivity index (χ4n) is 1.47. The van der Waals surface area contributed by atoms with Gasteiger partial charge in [-0.2, -0.15) is 0 Å². The van der Waals surface area contributed by atoms with Gasteiger partial charge in [-0.25, -0.2) is 0 Å². The summed E-state index contributed by atoms with van der Waals surface area (Å²) in [7, 11) is 0. The number of hydrogen-bond acceptors (Lipinski definition) is 3. The third-order valence-corrected chi connectivity index (χ3v) is 2.17. The molecule has 0 atom stereocenters. The Labute approximate surface area is 80.6 Å². The monoisotopic (exact) mass is 196 g/mol.